The molecule has 0 bridgehead atoms. The van der Waals surface area contributed by atoms with E-state index in [1.807, 2.05) is 59.2 Å². The van der Waals surface area contributed by atoms with Crippen LogP contribution in [0, 0.1) is 0 Å². The van der Waals surface area contributed by atoms with Crippen molar-refractivity contribution in [3.63, 3.8) is 0 Å². The van der Waals surface area contributed by atoms with Crippen LogP contribution in [0.1, 0.15) is 6.92 Å². The SMILES string of the molecule is CC(Sc1nc2ccccc2n1-c1ccccc1)C(=O)Nc1cccc(S(N)(=O)=O)c1. The number of anilines is 1. The van der Waals surface area contributed by atoms with Crippen molar-refractivity contribution >= 4 is 44.4 Å². The van der Waals surface area contributed by atoms with Crippen molar-refractivity contribution < 1.29 is 13.2 Å². The largest absolute Gasteiger partial charge is 0.325 e. The fraction of sp³-hybridized carbons (Fsp3) is 0.0909. The molecule has 158 valence electrons. The van der Waals surface area contributed by atoms with E-state index in [1.54, 1.807) is 13.0 Å². The molecule has 0 aliphatic carbocycles. The molecule has 0 saturated heterocycles. The zero-order valence-electron chi connectivity index (χ0n) is 16.6. The van der Waals surface area contributed by atoms with Crippen LogP contribution in [0.5, 0.6) is 0 Å². The minimum atomic E-state index is -3.85. The van der Waals surface area contributed by atoms with Gasteiger partial charge in [-0.15, -0.1) is 0 Å². The standard InChI is InChI=1S/C22H20N4O3S2/c1-15(21(27)24-16-8-7-11-18(14-16)31(23,28)29)30-22-25-19-12-5-6-13-20(19)26(22)17-9-3-2-4-10-17/h2-15H,1H3,(H,24,27)(H2,23,28,29). The second-order valence-electron chi connectivity index (χ2n) is 6.88. The van der Waals surface area contributed by atoms with E-state index in [2.05, 4.69) is 5.32 Å². The van der Waals surface area contributed by atoms with E-state index in [0.29, 0.717) is 10.8 Å². The lowest BCUT2D eigenvalue weighted by atomic mass is 10.3. The minimum absolute atomic E-state index is 0.0588. The van der Waals surface area contributed by atoms with Crippen LogP contribution in [0.2, 0.25) is 0 Å². The van der Waals surface area contributed by atoms with Crippen molar-refractivity contribution in [3.8, 4) is 5.69 Å². The normalized spacial score (nSPS) is 12.6. The van der Waals surface area contributed by atoms with E-state index in [0.717, 1.165) is 16.7 Å². The first-order valence-electron chi connectivity index (χ1n) is 9.46. The average Bonchev–Trinajstić information content (AvgIpc) is 3.11. The van der Waals surface area contributed by atoms with Crippen molar-refractivity contribution in [1.29, 1.82) is 0 Å². The lowest BCUT2D eigenvalue weighted by molar-refractivity contribution is -0.115. The Morgan fingerprint density at radius 3 is 2.48 bits per heavy atom. The van der Waals surface area contributed by atoms with Crippen molar-refractivity contribution in [2.75, 3.05) is 5.32 Å². The number of hydrogen-bond acceptors (Lipinski definition) is 5. The molecule has 0 saturated carbocycles. The van der Waals surface area contributed by atoms with Gasteiger partial charge in [0.15, 0.2) is 5.16 Å². The number of carbonyl (C=O) groups is 1. The van der Waals surface area contributed by atoms with Crippen molar-refractivity contribution in [2.45, 2.75) is 22.2 Å². The second kappa shape index (κ2) is 8.54. The number of thioether (sulfide) groups is 1. The molecule has 1 unspecified atom stereocenters. The lowest BCUT2D eigenvalue weighted by Crippen LogP contribution is -2.23. The van der Waals surface area contributed by atoms with Crippen LogP contribution in [-0.4, -0.2) is 29.1 Å². The Balaban J connectivity index is 1.60. The maximum absolute atomic E-state index is 12.8. The number of para-hydroxylation sites is 3. The summed E-state index contributed by atoms with van der Waals surface area (Å²) in [5, 5.41) is 8.12. The van der Waals surface area contributed by atoms with Gasteiger partial charge in [0, 0.05) is 11.4 Å². The number of carbonyl (C=O) groups excluding carboxylic acids is 1. The molecule has 0 spiro atoms. The third-order valence-corrected chi connectivity index (χ3v) is 6.59. The average molecular weight is 453 g/mol. The molecule has 3 aromatic carbocycles. The van der Waals surface area contributed by atoms with Crippen LogP contribution >= 0.6 is 11.8 Å². The summed E-state index contributed by atoms with van der Waals surface area (Å²) >= 11 is 1.32. The summed E-state index contributed by atoms with van der Waals surface area (Å²) < 4.78 is 25.1. The summed E-state index contributed by atoms with van der Waals surface area (Å²) in [7, 11) is -3.85. The van der Waals surface area contributed by atoms with Gasteiger partial charge in [0.05, 0.1) is 21.2 Å². The third-order valence-electron chi connectivity index (χ3n) is 4.63. The van der Waals surface area contributed by atoms with Gasteiger partial charge >= 0.3 is 0 Å². The number of fused-ring (bicyclic) bond motifs is 1. The highest BCUT2D eigenvalue weighted by Gasteiger charge is 2.21. The molecule has 3 N–H and O–H groups in total. The Hall–Kier alpha value is -3.14. The number of sulfonamides is 1. The van der Waals surface area contributed by atoms with E-state index in [9.17, 15) is 13.2 Å². The minimum Gasteiger partial charge on any atom is -0.325 e. The van der Waals surface area contributed by atoms with Crippen LogP contribution in [0.15, 0.2) is 88.9 Å². The van der Waals surface area contributed by atoms with Crippen LogP contribution in [0.4, 0.5) is 5.69 Å². The smallest absolute Gasteiger partial charge is 0.238 e. The molecule has 0 radical (unpaired) electrons. The molecule has 4 aromatic rings. The Morgan fingerprint density at radius 2 is 1.74 bits per heavy atom. The van der Waals surface area contributed by atoms with E-state index in [-0.39, 0.29) is 10.8 Å². The highest BCUT2D eigenvalue weighted by molar-refractivity contribution is 8.00. The zero-order valence-corrected chi connectivity index (χ0v) is 18.2. The van der Waals surface area contributed by atoms with E-state index >= 15 is 0 Å². The molecule has 31 heavy (non-hydrogen) atoms. The van der Waals surface area contributed by atoms with Gasteiger partial charge < -0.3 is 5.32 Å². The Kier molecular flexibility index (Phi) is 5.81. The monoisotopic (exact) mass is 452 g/mol. The van der Waals surface area contributed by atoms with Gasteiger partial charge in [0.1, 0.15) is 0 Å². The first-order chi connectivity index (χ1) is 14.8. The van der Waals surface area contributed by atoms with E-state index < -0.39 is 15.3 Å². The topological polar surface area (TPSA) is 107 Å². The number of benzene rings is 3. The van der Waals surface area contributed by atoms with Crippen LogP contribution in [0.3, 0.4) is 0 Å². The molecule has 1 aromatic heterocycles. The number of nitrogens with zero attached hydrogens (tertiary/aromatic N) is 2. The number of aromatic nitrogens is 2. The third kappa shape index (κ3) is 4.63. The summed E-state index contributed by atoms with van der Waals surface area (Å²) in [5.74, 6) is -0.275. The highest BCUT2D eigenvalue weighted by Crippen LogP contribution is 2.31. The molecule has 7 nitrogen and oxygen atoms in total. The number of nitrogens with two attached hydrogens (primary N) is 1. The maximum atomic E-state index is 12.8. The molecule has 1 heterocycles. The van der Waals surface area contributed by atoms with Gasteiger partial charge in [0.2, 0.25) is 15.9 Å². The van der Waals surface area contributed by atoms with Gasteiger partial charge in [-0.05, 0) is 49.4 Å². The summed E-state index contributed by atoms with van der Waals surface area (Å²) in [4.78, 5) is 17.4. The van der Waals surface area contributed by atoms with Crippen LogP contribution in [0.25, 0.3) is 16.7 Å². The predicted octanol–water partition coefficient (Wildman–Crippen LogP) is 3.79. The predicted molar refractivity (Wildman–Crippen MR) is 123 cm³/mol. The number of hydrogen-bond donors (Lipinski definition) is 2. The fourth-order valence-electron chi connectivity index (χ4n) is 3.12. The van der Waals surface area contributed by atoms with Gasteiger partial charge in [-0.3, -0.25) is 9.36 Å². The van der Waals surface area contributed by atoms with Crippen LogP contribution in [-0.2, 0) is 14.8 Å². The molecule has 9 heteroatoms. The highest BCUT2D eigenvalue weighted by atomic mass is 32.2. The van der Waals surface area contributed by atoms with Crippen LogP contribution < -0.4 is 10.5 Å². The van der Waals surface area contributed by atoms with Crippen molar-refractivity contribution in [1.82, 2.24) is 9.55 Å². The van der Waals surface area contributed by atoms with Gasteiger partial charge in [-0.25, -0.2) is 18.5 Å². The maximum Gasteiger partial charge on any atom is 0.238 e. The quantitative estimate of drug-likeness (QED) is 0.433. The van der Waals surface area contributed by atoms with Gasteiger partial charge in [-0.1, -0.05) is 48.2 Å². The van der Waals surface area contributed by atoms with E-state index in [4.69, 9.17) is 10.1 Å². The molecule has 1 amide bonds. The zero-order chi connectivity index (χ0) is 22.0. The first kappa shape index (κ1) is 21.1. The Labute approximate surface area is 184 Å². The van der Waals surface area contributed by atoms with Gasteiger partial charge in [-0.2, -0.15) is 0 Å². The fourth-order valence-corrected chi connectivity index (χ4v) is 4.62. The summed E-state index contributed by atoms with van der Waals surface area (Å²) in [5.41, 5.74) is 3.10. The molecule has 0 fully saturated rings. The number of imidazole rings is 1. The number of amides is 1. The molecular formula is C22H20N4O3S2. The summed E-state index contributed by atoms with van der Waals surface area (Å²) in [6.45, 7) is 1.78. The van der Waals surface area contributed by atoms with Crippen molar-refractivity contribution in [3.05, 3.63) is 78.9 Å². The number of rotatable bonds is 6. The first-order valence-corrected chi connectivity index (χ1v) is 11.9. The number of nitrogens with one attached hydrogen (secondary N) is 1. The molecule has 0 aliphatic heterocycles. The Morgan fingerprint density at radius 1 is 1.03 bits per heavy atom. The molecule has 1 atom stereocenters. The summed E-state index contributed by atoms with van der Waals surface area (Å²) in [6.07, 6.45) is 0. The second-order valence-corrected chi connectivity index (χ2v) is 9.75. The molecule has 0 aliphatic rings. The van der Waals surface area contributed by atoms with Crippen molar-refractivity contribution in [2.24, 2.45) is 5.14 Å². The van der Waals surface area contributed by atoms with E-state index in [1.165, 1.54) is 30.0 Å². The van der Waals surface area contributed by atoms with Gasteiger partial charge in [0.25, 0.3) is 0 Å². The molecular weight excluding hydrogens is 432 g/mol. The summed E-state index contributed by atoms with van der Waals surface area (Å²) in [6, 6.07) is 23.5. The number of primary sulfonamides is 1. The lowest BCUT2D eigenvalue weighted by Gasteiger charge is -2.14. The Bertz CT molecular complexity index is 1350. The molecule has 4 rings (SSSR count).